The maximum Gasteiger partial charge on any atom is 0.410 e. The summed E-state index contributed by atoms with van der Waals surface area (Å²) in [6.07, 6.45) is -2.34. The Kier molecular flexibility index (Phi) is 1.96. The van der Waals surface area contributed by atoms with Crippen molar-refractivity contribution < 1.29 is 23.2 Å². The molecular formula is C13H19BrN4O2. The highest BCUT2D eigenvalue weighted by Gasteiger charge is 2.26. The van der Waals surface area contributed by atoms with Crippen LogP contribution >= 0.6 is 15.9 Å². The molecule has 6 nitrogen and oxygen atoms in total. The van der Waals surface area contributed by atoms with E-state index in [1.165, 1.54) is 20.8 Å². The lowest BCUT2D eigenvalue weighted by molar-refractivity contribution is 0.0240. The largest absolute Gasteiger partial charge is 0.444 e. The minimum atomic E-state index is -3.49. The molecule has 1 aliphatic rings. The molecule has 0 aliphatic carbocycles. The van der Waals surface area contributed by atoms with Crippen LogP contribution in [0, 0.1) is 0 Å². The number of aromatic nitrogens is 2. The maximum atomic E-state index is 12.6. The molecule has 0 atom stereocenters. The molecule has 0 aromatic carbocycles. The summed E-state index contributed by atoms with van der Waals surface area (Å²) < 4.78 is 86.3. The third-order valence-corrected chi connectivity index (χ3v) is 2.20. The number of piperazine rings is 1. The zero-order valence-corrected chi connectivity index (χ0v) is 12.6. The summed E-state index contributed by atoms with van der Waals surface area (Å²) in [5, 5.41) is 0. The monoisotopic (exact) mass is 352 g/mol. The van der Waals surface area contributed by atoms with Crippen LogP contribution in [0.1, 0.15) is 34.5 Å². The lowest BCUT2D eigenvalue weighted by Crippen LogP contribution is -2.50. The van der Waals surface area contributed by atoms with Crippen molar-refractivity contribution in [2.45, 2.75) is 26.4 Å². The van der Waals surface area contributed by atoms with E-state index in [1.807, 2.05) is 0 Å². The van der Waals surface area contributed by atoms with E-state index in [4.69, 9.17) is 18.4 Å². The van der Waals surface area contributed by atoms with Gasteiger partial charge in [-0.25, -0.2) is 14.8 Å². The number of carbonyl (C=O) groups is 1. The molecule has 1 saturated heterocycles. The van der Waals surface area contributed by atoms with E-state index < -0.39 is 55.7 Å². The second-order valence-corrected chi connectivity index (χ2v) is 5.36. The second-order valence-electron chi connectivity index (χ2n) is 4.65. The van der Waals surface area contributed by atoms with Crippen LogP contribution in [0.2, 0.25) is 0 Å². The molecular weight excluding hydrogens is 324 g/mol. The van der Waals surface area contributed by atoms with Crippen LogP contribution in [0.4, 0.5) is 10.6 Å². The van der Waals surface area contributed by atoms with Gasteiger partial charge in [-0.05, 0) is 42.7 Å². The van der Waals surface area contributed by atoms with Crippen LogP contribution in [0.25, 0.3) is 0 Å². The Morgan fingerprint density at radius 3 is 2.70 bits per heavy atom. The van der Waals surface area contributed by atoms with Crippen LogP contribution in [-0.4, -0.2) is 52.5 Å². The first-order valence-corrected chi connectivity index (χ1v) is 6.33. The standard InChI is InChI=1S/C13H19BrN4O2/c1-13(2,3)20-12(19)18-8-6-17(7-9-18)10-4-5-15-11(14)16-10/h4-5H,6-9H2,1-3H3/i4D,5D,6D2,7D2,8D2,9D2. The van der Waals surface area contributed by atoms with Crippen LogP contribution in [0.15, 0.2) is 16.9 Å². The Labute approximate surface area is 141 Å². The number of nitrogens with zero attached hydrogens (tertiary/aromatic N) is 4. The first kappa shape index (κ1) is 6.60. The molecule has 1 aliphatic heterocycles. The predicted molar refractivity (Wildman–Crippen MR) is 79.8 cm³/mol. The van der Waals surface area contributed by atoms with Gasteiger partial charge < -0.3 is 14.5 Å². The second kappa shape index (κ2) is 5.95. The molecule has 0 N–H and O–H groups in total. The van der Waals surface area contributed by atoms with Crippen LogP contribution in [0.5, 0.6) is 0 Å². The van der Waals surface area contributed by atoms with Crippen molar-refractivity contribution in [3.8, 4) is 0 Å². The summed E-state index contributed by atoms with van der Waals surface area (Å²) in [7, 11) is 0. The molecule has 7 heteroatoms. The summed E-state index contributed by atoms with van der Waals surface area (Å²) in [6.45, 7) is -9.60. The topological polar surface area (TPSA) is 58.6 Å². The molecule has 1 aromatic rings. The lowest BCUT2D eigenvalue weighted by atomic mass is 10.2. The number of halogens is 1. The maximum absolute atomic E-state index is 12.6. The van der Waals surface area contributed by atoms with Crippen molar-refractivity contribution in [2.75, 3.05) is 30.9 Å². The van der Waals surface area contributed by atoms with Gasteiger partial charge in [0.25, 0.3) is 0 Å². The highest BCUT2D eigenvalue weighted by Crippen LogP contribution is 2.16. The van der Waals surface area contributed by atoms with Crippen molar-refractivity contribution in [1.82, 2.24) is 14.9 Å². The van der Waals surface area contributed by atoms with Crippen LogP contribution < -0.4 is 4.90 Å². The number of ether oxygens (including phenoxy) is 1. The fourth-order valence-corrected chi connectivity index (χ4v) is 1.39. The molecule has 0 bridgehead atoms. The number of rotatable bonds is 1. The average molecular weight is 353 g/mol. The molecule has 2 rings (SSSR count). The van der Waals surface area contributed by atoms with Gasteiger partial charge in [0.1, 0.15) is 11.4 Å². The first-order valence-electron chi connectivity index (χ1n) is 10.5. The molecule has 1 aromatic heterocycles. The fourth-order valence-electron chi connectivity index (χ4n) is 1.13. The Bertz CT molecular complexity index is 848. The summed E-state index contributed by atoms with van der Waals surface area (Å²) in [6, 6.07) is -0.858. The fraction of sp³-hybridized carbons (Fsp3) is 0.615. The number of amides is 1. The molecule has 110 valence electrons. The van der Waals surface area contributed by atoms with E-state index in [2.05, 4.69) is 25.9 Å². The molecule has 0 saturated carbocycles. The summed E-state index contributed by atoms with van der Waals surface area (Å²) >= 11 is 2.84. The van der Waals surface area contributed by atoms with Crippen molar-refractivity contribution in [2.24, 2.45) is 0 Å². The van der Waals surface area contributed by atoms with Crippen LogP contribution in [-0.2, 0) is 4.74 Å². The quantitative estimate of drug-likeness (QED) is 0.725. The number of hydrogen-bond acceptors (Lipinski definition) is 5. The summed E-state index contributed by atoms with van der Waals surface area (Å²) in [5.41, 5.74) is -1.20. The van der Waals surface area contributed by atoms with E-state index in [1.54, 1.807) is 0 Å². The van der Waals surface area contributed by atoms with E-state index in [0.29, 0.717) is 0 Å². The molecule has 0 radical (unpaired) electrons. The first-order chi connectivity index (χ1) is 13.2. The van der Waals surface area contributed by atoms with Crippen molar-refractivity contribution >= 4 is 27.8 Å². The van der Waals surface area contributed by atoms with Crippen molar-refractivity contribution in [3.05, 3.63) is 16.9 Å². The number of anilines is 1. The minimum absolute atomic E-state index is 0.0202. The van der Waals surface area contributed by atoms with Gasteiger partial charge in [-0.15, -0.1) is 0 Å². The van der Waals surface area contributed by atoms with Gasteiger partial charge in [0.2, 0.25) is 0 Å². The van der Waals surface area contributed by atoms with Gasteiger partial charge in [-0.1, -0.05) is 0 Å². The molecule has 2 heterocycles. The summed E-state index contributed by atoms with van der Waals surface area (Å²) in [4.78, 5) is 19.5. The van der Waals surface area contributed by atoms with Gasteiger partial charge in [0.15, 0.2) is 4.73 Å². The summed E-state index contributed by atoms with van der Waals surface area (Å²) in [5.74, 6) is -0.867. The molecule has 1 amide bonds. The highest BCUT2D eigenvalue weighted by atomic mass is 79.9. The SMILES string of the molecule is [2H]c1nc(Br)nc(N2C([2H])([2H])C([2H])([2H])N(C(=O)OC(C)(C)C)C([2H])([2H])C2([2H])[2H])c1[2H]. The van der Waals surface area contributed by atoms with Gasteiger partial charge in [-0.3, -0.25) is 0 Å². The zero-order valence-electron chi connectivity index (χ0n) is 21.0. The van der Waals surface area contributed by atoms with Crippen molar-refractivity contribution in [3.63, 3.8) is 0 Å². The van der Waals surface area contributed by atoms with Gasteiger partial charge >= 0.3 is 6.09 Å². The number of hydrogen-bond donors (Lipinski definition) is 0. The Balaban J connectivity index is 2.80. The highest BCUT2D eigenvalue weighted by molar-refractivity contribution is 9.10. The molecule has 0 spiro atoms. The number of carbonyl (C=O) groups excluding carboxylic acids is 1. The molecule has 20 heavy (non-hydrogen) atoms. The third kappa shape index (κ3) is 4.06. The van der Waals surface area contributed by atoms with Crippen molar-refractivity contribution in [1.29, 1.82) is 0 Å². The smallest absolute Gasteiger partial charge is 0.410 e. The predicted octanol–water partition coefficient (Wildman–Crippen LogP) is 2.30. The minimum Gasteiger partial charge on any atom is -0.444 e. The van der Waals surface area contributed by atoms with Crippen LogP contribution in [0.3, 0.4) is 0 Å². The zero-order chi connectivity index (χ0) is 23.7. The molecule has 1 fully saturated rings. The van der Waals surface area contributed by atoms with E-state index >= 15 is 0 Å². The Morgan fingerprint density at radius 2 is 2.10 bits per heavy atom. The molecule has 0 unspecified atom stereocenters. The normalized spacial score (nSPS) is 33.6. The lowest BCUT2D eigenvalue weighted by Gasteiger charge is -2.36. The van der Waals surface area contributed by atoms with Gasteiger partial charge in [-0.2, -0.15) is 0 Å². The Morgan fingerprint density at radius 1 is 1.45 bits per heavy atom. The van der Waals surface area contributed by atoms with E-state index in [0.717, 1.165) is 0 Å². The van der Waals surface area contributed by atoms with Gasteiger partial charge in [0, 0.05) is 32.2 Å². The average Bonchev–Trinajstić information content (AvgIpc) is 2.47. The van der Waals surface area contributed by atoms with E-state index in [-0.39, 0.29) is 14.5 Å². The third-order valence-electron chi connectivity index (χ3n) is 1.85. The van der Waals surface area contributed by atoms with E-state index in [9.17, 15) is 4.79 Å². The van der Waals surface area contributed by atoms with Gasteiger partial charge in [0.05, 0.1) is 13.7 Å². The Hall–Kier alpha value is -1.37.